The van der Waals surface area contributed by atoms with Crippen LogP contribution in [0.15, 0.2) is 56.5 Å². The molecule has 0 radical (unpaired) electrons. The highest BCUT2D eigenvalue weighted by atomic mass is 32.2. The minimum Gasteiger partial charge on any atom is -0.388 e. The molecule has 0 fully saturated rings. The topological polar surface area (TPSA) is 71.4 Å². The van der Waals surface area contributed by atoms with E-state index in [1.165, 1.54) is 0 Å². The lowest BCUT2D eigenvalue weighted by Gasteiger charge is -2.19. The Bertz CT molecular complexity index is 874. The Labute approximate surface area is 150 Å². The van der Waals surface area contributed by atoms with E-state index in [9.17, 15) is 18.3 Å². The number of benzene rings is 1. The monoisotopic (exact) mass is 376 g/mol. The largest absolute Gasteiger partial charge is 0.388 e. The van der Waals surface area contributed by atoms with Gasteiger partial charge in [-0.15, -0.1) is 0 Å². The number of rotatable bonds is 3. The zero-order chi connectivity index (χ0) is 18.4. The van der Waals surface area contributed by atoms with E-state index in [1.807, 2.05) is 0 Å². The van der Waals surface area contributed by atoms with Gasteiger partial charge in [0.25, 0.3) is 0 Å². The highest BCUT2D eigenvalue weighted by Crippen LogP contribution is 2.44. The van der Waals surface area contributed by atoms with Crippen LogP contribution in [0.5, 0.6) is 0 Å². The predicted molar refractivity (Wildman–Crippen MR) is 101 cm³/mol. The van der Waals surface area contributed by atoms with E-state index in [4.69, 9.17) is 0 Å². The van der Waals surface area contributed by atoms with Crippen molar-refractivity contribution < 1.29 is 18.3 Å². The molecule has 0 heterocycles. The number of hydrogen-bond donors (Lipinski definition) is 1. The van der Waals surface area contributed by atoms with Gasteiger partial charge in [-0.25, -0.2) is 8.42 Å². The molecule has 0 amide bonds. The molecule has 1 N–H and O–H groups in total. The van der Waals surface area contributed by atoms with Gasteiger partial charge in [0.2, 0.25) is 9.84 Å². The van der Waals surface area contributed by atoms with Gasteiger partial charge in [-0.3, -0.25) is 4.79 Å². The Kier molecular flexibility index (Phi) is 4.64. The van der Waals surface area contributed by atoms with Gasteiger partial charge in [0.05, 0.1) is 24.0 Å². The van der Waals surface area contributed by atoms with Crippen LogP contribution >= 0.6 is 0 Å². The number of aliphatic hydroxyl groups excluding tert-OH is 1. The molecule has 0 spiro atoms. The minimum absolute atomic E-state index is 0.0408. The minimum atomic E-state index is -3.82. The van der Waals surface area contributed by atoms with Gasteiger partial charge in [-0.05, 0) is 47.7 Å². The normalized spacial score (nSPS) is 22.2. The molecule has 0 bridgehead atoms. The molecule has 2 aliphatic rings. The lowest BCUT2D eigenvalue weighted by molar-refractivity contribution is -0.114. The molecule has 0 aliphatic heterocycles. The number of hydrogen-bond acceptors (Lipinski definition) is 4. The number of carbonyl (C=O) groups is 1. The molecule has 3 rings (SSSR count). The van der Waals surface area contributed by atoms with Gasteiger partial charge >= 0.3 is 0 Å². The molecule has 0 saturated carbocycles. The lowest BCUT2D eigenvalue weighted by Crippen LogP contribution is -2.28. The summed E-state index contributed by atoms with van der Waals surface area (Å²) in [6.07, 6.45) is 0.821. The van der Waals surface area contributed by atoms with Gasteiger partial charge in [0.15, 0.2) is 5.78 Å². The first-order chi connectivity index (χ1) is 11.6. The zero-order valence-electron chi connectivity index (χ0n) is 14.9. The van der Waals surface area contributed by atoms with Crippen LogP contribution in [0.4, 0.5) is 0 Å². The number of allylic oxidation sites excluding steroid dienone is 3. The second kappa shape index (κ2) is 6.34. The summed E-state index contributed by atoms with van der Waals surface area (Å²) in [6.45, 7) is 6.34. The number of sulfone groups is 1. The van der Waals surface area contributed by atoms with E-state index in [-0.39, 0.29) is 22.0 Å². The Balaban J connectivity index is 2.28. The molecule has 1 unspecified atom stereocenters. The van der Waals surface area contributed by atoms with Crippen molar-refractivity contribution in [3.63, 3.8) is 0 Å². The van der Waals surface area contributed by atoms with Crippen molar-refractivity contribution in [2.75, 3.05) is 0 Å². The van der Waals surface area contributed by atoms with Crippen molar-refractivity contribution in [2.24, 2.45) is 0 Å². The predicted octanol–water partition coefficient (Wildman–Crippen LogP) is 3.41. The van der Waals surface area contributed by atoms with Crippen LogP contribution < -0.4 is 0 Å². The molecule has 2 aliphatic carbocycles. The maximum absolute atomic E-state index is 13.2. The molecule has 1 aromatic carbocycles. The second-order valence-electron chi connectivity index (χ2n) is 7.77. The summed E-state index contributed by atoms with van der Waals surface area (Å²) in [7, 11) is -5.71. The van der Waals surface area contributed by atoms with Crippen molar-refractivity contribution in [1.82, 2.24) is 0 Å². The molecule has 6 heteroatoms. The van der Waals surface area contributed by atoms with E-state index in [0.29, 0.717) is 24.8 Å². The molecule has 134 valence electrons. The Morgan fingerprint density at radius 3 is 2.32 bits per heavy atom. The van der Waals surface area contributed by atoms with E-state index in [2.05, 4.69) is 19.6 Å². The maximum atomic E-state index is 13.2. The van der Waals surface area contributed by atoms with Crippen LogP contribution in [0, 0.1) is 0 Å². The van der Waals surface area contributed by atoms with Gasteiger partial charge in [-0.1, -0.05) is 37.8 Å². The van der Waals surface area contributed by atoms with E-state index in [0.717, 1.165) is 10.8 Å². The quantitative estimate of drug-likeness (QED) is 0.821. The molecule has 0 aromatic heterocycles. The van der Waals surface area contributed by atoms with Crippen LogP contribution in [-0.4, -0.2) is 33.5 Å². The zero-order valence-corrected chi connectivity index (χ0v) is 16.7. The van der Waals surface area contributed by atoms with E-state index >= 15 is 0 Å². The van der Waals surface area contributed by atoms with E-state index in [1.54, 1.807) is 30.3 Å². The molecule has 1 atom stereocenters. The SMILES string of the molecule is C[Si](C)(C)C1=C2CCCC(O)C(S(=O)(=O)c3ccccc3)=C2CC1=O. The van der Waals surface area contributed by atoms with Crippen molar-refractivity contribution in [3.8, 4) is 0 Å². The Hall–Kier alpha value is -1.50. The molecular weight excluding hydrogens is 352 g/mol. The van der Waals surface area contributed by atoms with Crippen LogP contribution in [0.2, 0.25) is 19.6 Å². The summed E-state index contributed by atoms with van der Waals surface area (Å²) in [5.74, 6) is 0.0408. The van der Waals surface area contributed by atoms with E-state index < -0.39 is 24.0 Å². The maximum Gasteiger partial charge on any atom is 0.205 e. The molecular formula is C19H24O4SSi. The summed E-state index contributed by atoms with van der Waals surface area (Å²) in [6, 6.07) is 8.19. The highest BCUT2D eigenvalue weighted by molar-refractivity contribution is 7.95. The highest BCUT2D eigenvalue weighted by Gasteiger charge is 2.42. The van der Waals surface area contributed by atoms with Crippen molar-refractivity contribution in [2.45, 2.75) is 56.3 Å². The number of Topliss-reactive ketones (excluding diaryl/α,β-unsaturated/α-hetero) is 1. The third-order valence-corrected chi connectivity index (χ3v) is 8.95. The molecule has 1 aromatic rings. The standard InChI is InChI=1S/C19H24O4SSi/c1-25(2,3)19-14-10-7-11-16(20)18(15(14)12-17(19)21)24(22,23)13-8-5-4-6-9-13/h4-6,8-9,16,20H,7,10-12H2,1-3H3. The number of ketones is 1. The smallest absolute Gasteiger partial charge is 0.205 e. The van der Waals surface area contributed by atoms with Gasteiger partial charge in [0.1, 0.15) is 0 Å². The first kappa shape index (κ1) is 18.3. The summed E-state index contributed by atoms with van der Waals surface area (Å²) in [4.78, 5) is 12.9. The fraction of sp³-hybridized carbons (Fsp3) is 0.421. The summed E-state index contributed by atoms with van der Waals surface area (Å²) in [5, 5.41) is 11.5. The van der Waals surface area contributed by atoms with Crippen LogP contribution in [0.25, 0.3) is 0 Å². The number of carbonyl (C=O) groups excluding carboxylic acids is 1. The van der Waals surface area contributed by atoms with Gasteiger partial charge in [0, 0.05) is 6.42 Å². The summed E-state index contributed by atoms with van der Waals surface area (Å²) >= 11 is 0. The molecule has 25 heavy (non-hydrogen) atoms. The van der Waals surface area contributed by atoms with Crippen LogP contribution in [0.3, 0.4) is 0 Å². The van der Waals surface area contributed by atoms with Crippen LogP contribution in [-0.2, 0) is 14.6 Å². The Morgan fingerprint density at radius 1 is 1.08 bits per heavy atom. The summed E-state index contributed by atoms with van der Waals surface area (Å²) in [5.41, 5.74) is 1.46. The second-order valence-corrected chi connectivity index (χ2v) is 14.7. The average molecular weight is 377 g/mol. The van der Waals surface area contributed by atoms with Crippen molar-refractivity contribution in [3.05, 3.63) is 51.6 Å². The van der Waals surface area contributed by atoms with Gasteiger partial charge in [-0.2, -0.15) is 0 Å². The fourth-order valence-corrected chi connectivity index (χ4v) is 7.80. The number of fused-ring (bicyclic) bond motifs is 1. The van der Waals surface area contributed by atoms with Crippen molar-refractivity contribution >= 4 is 23.7 Å². The third-order valence-electron chi connectivity index (χ3n) is 4.88. The molecule has 4 nitrogen and oxygen atoms in total. The Morgan fingerprint density at radius 2 is 1.72 bits per heavy atom. The number of aliphatic hydroxyl groups is 1. The first-order valence-electron chi connectivity index (χ1n) is 8.62. The fourth-order valence-electron chi connectivity index (χ4n) is 3.93. The van der Waals surface area contributed by atoms with Crippen LogP contribution in [0.1, 0.15) is 25.7 Å². The first-order valence-corrected chi connectivity index (χ1v) is 13.6. The lowest BCUT2D eigenvalue weighted by atomic mass is 10.1. The molecule has 0 saturated heterocycles. The third kappa shape index (κ3) is 3.18. The van der Waals surface area contributed by atoms with Crippen molar-refractivity contribution in [1.29, 1.82) is 0 Å². The van der Waals surface area contributed by atoms with Gasteiger partial charge < -0.3 is 5.11 Å². The summed E-state index contributed by atoms with van der Waals surface area (Å²) < 4.78 is 26.4. The average Bonchev–Trinajstić information content (AvgIpc) is 2.75.